The molecular weight excluding hydrogens is 387 g/mol. The van der Waals surface area contributed by atoms with Crippen molar-refractivity contribution in [3.05, 3.63) is 27.7 Å². The van der Waals surface area contributed by atoms with Gasteiger partial charge in [0.2, 0.25) is 10.0 Å². The number of rotatable bonds is 2. The van der Waals surface area contributed by atoms with Gasteiger partial charge in [0.25, 0.3) is 0 Å². The largest absolute Gasteiger partial charge is 0.316 e. The number of halogens is 3. The lowest BCUT2D eigenvalue weighted by Gasteiger charge is -2.18. The van der Waals surface area contributed by atoms with Crippen molar-refractivity contribution >= 4 is 50.0 Å². The van der Waals surface area contributed by atoms with Gasteiger partial charge in [0.05, 0.1) is 5.02 Å². The van der Waals surface area contributed by atoms with Crippen molar-refractivity contribution in [2.75, 3.05) is 26.2 Å². The van der Waals surface area contributed by atoms with Crippen LogP contribution in [0, 0.1) is 11.8 Å². The normalized spacial score (nSPS) is 26.3. The first-order chi connectivity index (χ1) is 8.98. The van der Waals surface area contributed by atoms with Crippen molar-refractivity contribution in [1.29, 1.82) is 0 Å². The predicted octanol–water partition coefficient (Wildman–Crippen LogP) is 2.36. The molecule has 112 valence electrons. The molecule has 0 unspecified atom stereocenters. The summed E-state index contributed by atoms with van der Waals surface area (Å²) in [6.45, 7) is 2.98. The van der Waals surface area contributed by atoms with E-state index >= 15 is 0 Å². The van der Waals surface area contributed by atoms with Crippen molar-refractivity contribution in [1.82, 2.24) is 9.62 Å². The van der Waals surface area contributed by atoms with Gasteiger partial charge < -0.3 is 5.32 Å². The molecule has 0 amide bonds. The van der Waals surface area contributed by atoms with E-state index in [9.17, 15) is 8.42 Å². The van der Waals surface area contributed by atoms with Crippen LogP contribution in [0.1, 0.15) is 0 Å². The van der Waals surface area contributed by atoms with Crippen molar-refractivity contribution in [2.24, 2.45) is 11.8 Å². The topological polar surface area (TPSA) is 49.4 Å². The zero-order valence-electron chi connectivity index (χ0n) is 10.6. The maximum atomic E-state index is 12.6. The van der Waals surface area contributed by atoms with E-state index in [4.69, 9.17) is 11.6 Å². The van der Waals surface area contributed by atoms with Crippen LogP contribution in [-0.4, -0.2) is 38.9 Å². The fourth-order valence-corrected chi connectivity index (χ4v) is 5.39. The second kappa shape index (κ2) is 6.10. The van der Waals surface area contributed by atoms with Crippen LogP contribution in [0.5, 0.6) is 0 Å². The van der Waals surface area contributed by atoms with Crippen LogP contribution in [0.25, 0.3) is 0 Å². The molecule has 2 aliphatic rings. The molecule has 2 saturated heterocycles. The lowest BCUT2D eigenvalue weighted by molar-refractivity contribution is 0.448. The Kier molecular flexibility index (Phi) is 5.04. The Labute approximate surface area is 138 Å². The Morgan fingerprint density at radius 1 is 1.25 bits per heavy atom. The van der Waals surface area contributed by atoms with Gasteiger partial charge >= 0.3 is 0 Å². The monoisotopic (exact) mass is 400 g/mol. The zero-order chi connectivity index (χ0) is 13.6. The third-order valence-electron chi connectivity index (χ3n) is 3.87. The summed E-state index contributed by atoms with van der Waals surface area (Å²) in [5, 5.41) is 3.58. The van der Waals surface area contributed by atoms with Crippen molar-refractivity contribution in [3.63, 3.8) is 0 Å². The van der Waals surface area contributed by atoms with E-state index in [0.717, 1.165) is 17.6 Å². The SMILES string of the molecule is Cl.O=S(=O)(c1cc(Br)ccc1Cl)N1C[C@H]2CNC[C@H]2C1. The molecule has 0 aromatic heterocycles. The molecule has 2 atom stereocenters. The molecule has 1 N–H and O–H groups in total. The van der Waals surface area contributed by atoms with Gasteiger partial charge in [-0.25, -0.2) is 8.42 Å². The van der Waals surface area contributed by atoms with E-state index in [1.54, 1.807) is 22.5 Å². The summed E-state index contributed by atoms with van der Waals surface area (Å²) < 4.78 is 27.6. The van der Waals surface area contributed by atoms with Crippen LogP contribution in [0.4, 0.5) is 0 Å². The quantitative estimate of drug-likeness (QED) is 0.827. The number of benzene rings is 1. The van der Waals surface area contributed by atoms with Gasteiger partial charge in [0, 0.05) is 17.6 Å². The lowest BCUT2D eigenvalue weighted by atomic mass is 10.0. The molecule has 3 rings (SSSR count). The first-order valence-corrected chi connectivity index (χ1v) is 8.75. The van der Waals surface area contributed by atoms with E-state index in [2.05, 4.69) is 21.2 Å². The minimum absolute atomic E-state index is 0. The fraction of sp³-hybridized carbons (Fsp3) is 0.500. The molecule has 0 saturated carbocycles. The second-order valence-electron chi connectivity index (χ2n) is 5.08. The Hall–Kier alpha value is 0.150. The molecule has 4 nitrogen and oxygen atoms in total. The van der Waals surface area contributed by atoms with Gasteiger partial charge in [-0.05, 0) is 43.1 Å². The summed E-state index contributed by atoms with van der Waals surface area (Å²) in [7, 11) is -3.49. The molecule has 2 heterocycles. The van der Waals surface area contributed by atoms with Crippen LogP contribution < -0.4 is 5.32 Å². The summed E-state index contributed by atoms with van der Waals surface area (Å²) in [6, 6.07) is 4.92. The van der Waals surface area contributed by atoms with Gasteiger partial charge in [-0.2, -0.15) is 4.31 Å². The predicted molar refractivity (Wildman–Crippen MR) is 85.0 cm³/mol. The highest BCUT2D eigenvalue weighted by Crippen LogP contribution is 2.34. The average molecular weight is 402 g/mol. The van der Waals surface area contributed by atoms with Gasteiger partial charge in [0.15, 0.2) is 0 Å². The summed E-state index contributed by atoms with van der Waals surface area (Å²) in [5.41, 5.74) is 0. The van der Waals surface area contributed by atoms with E-state index in [-0.39, 0.29) is 22.3 Å². The molecule has 1 aromatic rings. The molecular formula is C12H15BrCl2N2O2S. The third kappa shape index (κ3) is 2.87. The highest BCUT2D eigenvalue weighted by Gasteiger charge is 2.42. The maximum Gasteiger partial charge on any atom is 0.244 e. The summed E-state index contributed by atoms with van der Waals surface area (Å²) in [5.74, 6) is 0.862. The number of hydrogen-bond donors (Lipinski definition) is 1. The van der Waals surface area contributed by atoms with Gasteiger partial charge in [0.1, 0.15) is 4.90 Å². The van der Waals surface area contributed by atoms with Crippen LogP contribution in [-0.2, 0) is 10.0 Å². The Morgan fingerprint density at radius 2 is 1.85 bits per heavy atom. The highest BCUT2D eigenvalue weighted by atomic mass is 79.9. The maximum absolute atomic E-state index is 12.6. The number of nitrogens with zero attached hydrogens (tertiary/aromatic N) is 1. The molecule has 20 heavy (non-hydrogen) atoms. The standard InChI is InChI=1S/C12H14BrClN2O2S.ClH/c13-10-1-2-11(14)12(3-10)19(17,18)16-6-8-4-15-5-9(8)7-16;/h1-3,8-9,15H,4-7H2;1H/t8-,9+;. The van der Waals surface area contributed by atoms with Crippen LogP contribution >= 0.6 is 39.9 Å². The third-order valence-corrected chi connectivity index (χ3v) is 6.67. The molecule has 2 aliphatic heterocycles. The van der Waals surface area contributed by atoms with E-state index in [1.165, 1.54) is 0 Å². The van der Waals surface area contributed by atoms with Crippen molar-refractivity contribution in [2.45, 2.75) is 4.90 Å². The Bertz CT molecular complexity index is 599. The number of hydrogen-bond acceptors (Lipinski definition) is 3. The van der Waals surface area contributed by atoms with Crippen LogP contribution in [0.3, 0.4) is 0 Å². The lowest BCUT2D eigenvalue weighted by Crippen LogP contribution is -2.32. The zero-order valence-corrected chi connectivity index (χ0v) is 14.5. The summed E-state index contributed by atoms with van der Waals surface area (Å²) >= 11 is 9.34. The molecule has 8 heteroatoms. The number of fused-ring (bicyclic) bond motifs is 1. The molecule has 0 bridgehead atoms. The molecule has 2 fully saturated rings. The first kappa shape index (κ1) is 16.5. The minimum atomic E-state index is -3.49. The van der Waals surface area contributed by atoms with Gasteiger partial charge in [-0.1, -0.05) is 27.5 Å². The second-order valence-corrected chi connectivity index (χ2v) is 8.30. The number of nitrogens with one attached hydrogen (secondary N) is 1. The summed E-state index contributed by atoms with van der Waals surface area (Å²) in [4.78, 5) is 0.191. The Balaban J connectivity index is 0.00000147. The smallest absolute Gasteiger partial charge is 0.244 e. The van der Waals surface area contributed by atoms with Crippen molar-refractivity contribution in [3.8, 4) is 0 Å². The molecule has 0 aliphatic carbocycles. The first-order valence-electron chi connectivity index (χ1n) is 6.14. The van der Waals surface area contributed by atoms with E-state index in [0.29, 0.717) is 24.9 Å². The van der Waals surface area contributed by atoms with Crippen LogP contribution in [0.2, 0.25) is 5.02 Å². The van der Waals surface area contributed by atoms with Gasteiger partial charge in [-0.3, -0.25) is 0 Å². The highest BCUT2D eigenvalue weighted by molar-refractivity contribution is 9.10. The van der Waals surface area contributed by atoms with E-state index in [1.807, 2.05) is 0 Å². The molecule has 0 spiro atoms. The Morgan fingerprint density at radius 3 is 2.45 bits per heavy atom. The van der Waals surface area contributed by atoms with Crippen LogP contribution in [0.15, 0.2) is 27.6 Å². The number of sulfonamides is 1. The minimum Gasteiger partial charge on any atom is -0.316 e. The summed E-state index contributed by atoms with van der Waals surface area (Å²) in [6.07, 6.45) is 0. The fourth-order valence-electron chi connectivity index (χ4n) is 2.82. The van der Waals surface area contributed by atoms with E-state index < -0.39 is 10.0 Å². The molecule has 1 aromatic carbocycles. The molecule has 0 radical (unpaired) electrons. The average Bonchev–Trinajstić information content (AvgIpc) is 2.92. The van der Waals surface area contributed by atoms with Crippen molar-refractivity contribution < 1.29 is 8.42 Å². The van der Waals surface area contributed by atoms with Gasteiger partial charge in [-0.15, -0.1) is 12.4 Å².